The van der Waals surface area contributed by atoms with Crippen molar-refractivity contribution in [2.75, 3.05) is 13.1 Å². The Balaban J connectivity index is 4.39. The molecule has 6 heteroatoms. The third kappa shape index (κ3) is 6.09. The van der Waals surface area contributed by atoms with Crippen LogP contribution in [-0.4, -0.2) is 27.0 Å². The molecule has 0 bridgehead atoms. The minimum Gasteiger partial charge on any atom is -0.330 e. The Labute approximate surface area is 93.0 Å². The molecule has 1 unspecified atom stereocenters. The molecule has 0 amide bonds. The average Bonchev–Trinajstić information content (AvgIpc) is 2.14. The van der Waals surface area contributed by atoms with E-state index in [1.165, 1.54) is 0 Å². The normalized spacial score (nSPS) is 16.3. The summed E-state index contributed by atoms with van der Waals surface area (Å²) in [7, 11) is -3.39. The summed E-state index contributed by atoms with van der Waals surface area (Å²) in [4.78, 5) is 0. The lowest BCUT2D eigenvalue weighted by atomic mass is 9.96. The van der Waals surface area contributed by atoms with Crippen molar-refractivity contribution in [2.24, 2.45) is 5.73 Å². The largest absolute Gasteiger partial charge is 0.330 e. The van der Waals surface area contributed by atoms with Gasteiger partial charge in [-0.1, -0.05) is 13.8 Å². The van der Waals surface area contributed by atoms with Gasteiger partial charge in [-0.3, -0.25) is 0 Å². The molecule has 0 rings (SSSR count). The summed E-state index contributed by atoms with van der Waals surface area (Å²) in [6.07, 6.45) is 2.13. The summed E-state index contributed by atoms with van der Waals surface area (Å²) in [5.74, 6) is 0. The van der Waals surface area contributed by atoms with Crippen LogP contribution in [0.15, 0.2) is 0 Å². The summed E-state index contributed by atoms with van der Waals surface area (Å²) in [6.45, 7) is 6.66. The molecule has 1 atom stereocenters. The Kier molecular flexibility index (Phi) is 6.35. The minimum atomic E-state index is -3.39. The maximum atomic E-state index is 11.6. The molecular weight excluding hydrogens is 214 g/mol. The predicted octanol–water partition coefficient (Wildman–Crippen LogP) is 0.338. The van der Waals surface area contributed by atoms with Gasteiger partial charge in [-0.15, -0.1) is 0 Å². The second kappa shape index (κ2) is 6.42. The number of hydrogen-bond acceptors (Lipinski definition) is 3. The lowest BCUT2D eigenvalue weighted by Crippen LogP contribution is -2.51. The number of nitrogens with two attached hydrogens (primary N) is 1. The lowest BCUT2D eigenvalue weighted by molar-refractivity contribution is 0.376. The van der Waals surface area contributed by atoms with E-state index in [4.69, 9.17) is 5.73 Å². The van der Waals surface area contributed by atoms with Gasteiger partial charge in [-0.25, -0.2) is 4.72 Å². The molecule has 0 saturated heterocycles. The van der Waals surface area contributed by atoms with Crippen molar-refractivity contribution in [3.05, 3.63) is 0 Å². The highest BCUT2D eigenvalue weighted by Gasteiger charge is 2.26. The van der Waals surface area contributed by atoms with Crippen LogP contribution in [0.5, 0.6) is 0 Å². The van der Waals surface area contributed by atoms with Gasteiger partial charge in [-0.2, -0.15) is 13.1 Å². The molecule has 0 aromatic rings. The first kappa shape index (κ1) is 14.8. The van der Waals surface area contributed by atoms with Gasteiger partial charge in [0.05, 0.1) is 0 Å². The molecule has 92 valence electrons. The summed E-state index contributed by atoms with van der Waals surface area (Å²) >= 11 is 0. The first-order valence-corrected chi connectivity index (χ1v) is 6.86. The fourth-order valence-electron chi connectivity index (χ4n) is 1.22. The molecule has 4 N–H and O–H groups in total. The molecule has 0 spiro atoms. The third-order valence-electron chi connectivity index (χ3n) is 2.40. The number of hydrogen-bond donors (Lipinski definition) is 3. The van der Waals surface area contributed by atoms with Crippen LogP contribution in [0.2, 0.25) is 0 Å². The first-order chi connectivity index (χ1) is 6.89. The highest BCUT2D eigenvalue weighted by Crippen LogP contribution is 2.14. The Hall–Kier alpha value is -0.170. The Bertz CT molecular complexity index is 267. The van der Waals surface area contributed by atoms with E-state index in [0.29, 0.717) is 19.5 Å². The highest BCUT2D eigenvalue weighted by molar-refractivity contribution is 7.87. The molecule has 0 aliphatic heterocycles. The van der Waals surface area contributed by atoms with Crippen LogP contribution in [0, 0.1) is 0 Å². The van der Waals surface area contributed by atoms with Gasteiger partial charge in [-0.05, 0) is 32.7 Å². The monoisotopic (exact) mass is 237 g/mol. The van der Waals surface area contributed by atoms with Crippen molar-refractivity contribution >= 4 is 10.2 Å². The Morgan fingerprint density at radius 1 is 1.33 bits per heavy atom. The van der Waals surface area contributed by atoms with Gasteiger partial charge in [0, 0.05) is 12.1 Å². The maximum absolute atomic E-state index is 11.6. The van der Waals surface area contributed by atoms with E-state index in [1.807, 2.05) is 20.8 Å². The van der Waals surface area contributed by atoms with Crippen molar-refractivity contribution < 1.29 is 8.42 Å². The van der Waals surface area contributed by atoms with E-state index in [0.717, 1.165) is 12.8 Å². The summed E-state index contributed by atoms with van der Waals surface area (Å²) in [6, 6.07) is 0. The molecule has 0 aromatic heterocycles. The van der Waals surface area contributed by atoms with Gasteiger partial charge < -0.3 is 5.73 Å². The minimum absolute atomic E-state index is 0.450. The molecule has 0 aromatic carbocycles. The fourth-order valence-corrected chi connectivity index (χ4v) is 2.66. The van der Waals surface area contributed by atoms with E-state index in [2.05, 4.69) is 9.44 Å². The molecule has 15 heavy (non-hydrogen) atoms. The molecule has 0 aliphatic carbocycles. The third-order valence-corrected chi connectivity index (χ3v) is 3.74. The smallest absolute Gasteiger partial charge is 0.277 e. The Morgan fingerprint density at radius 3 is 2.33 bits per heavy atom. The Morgan fingerprint density at radius 2 is 1.93 bits per heavy atom. The van der Waals surface area contributed by atoms with E-state index in [-0.39, 0.29) is 0 Å². The van der Waals surface area contributed by atoms with Crippen LogP contribution >= 0.6 is 0 Å². The molecule has 0 aliphatic rings. The standard InChI is InChI=1S/C9H23N3O2S/c1-4-8-11-15(13,14)12-9(3,5-2)6-7-10/h11-12H,4-8,10H2,1-3H3. The topological polar surface area (TPSA) is 84.2 Å². The van der Waals surface area contributed by atoms with Crippen molar-refractivity contribution in [2.45, 2.75) is 45.6 Å². The fraction of sp³-hybridized carbons (Fsp3) is 1.00. The molecule has 5 nitrogen and oxygen atoms in total. The van der Waals surface area contributed by atoms with Crippen molar-refractivity contribution in [3.8, 4) is 0 Å². The molecular formula is C9H23N3O2S. The second-order valence-electron chi connectivity index (χ2n) is 3.95. The van der Waals surface area contributed by atoms with Crippen LogP contribution in [0.25, 0.3) is 0 Å². The first-order valence-electron chi connectivity index (χ1n) is 5.37. The maximum Gasteiger partial charge on any atom is 0.277 e. The second-order valence-corrected chi connectivity index (χ2v) is 5.45. The van der Waals surface area contributed by atoms with Crippen LogP contribution in [0.3, 0.4) is 0 Å². The van der Waals surface area contributed by atoms with Crippen LogP contribution in [0.1, 0.15) is 40.0 Å². The van der Waals surface area contributed by atoms with E-state index >= 15 is 0 Å². The van der Waals surface area contributed by atoms with Crippen LogP contribution in [0.4, 0.5) is 0 Å². The predicted molar refractivity (Wildman–Crippen MR) is 62.7 cm³/mol. The quantitative estimate of drug-likeness (QED) is 0.569. The highest BCUT2D eigenvalue weighted by atomic mass is 32.2. The van der Waals surface area contributed by atoms with Gasteiger partial charge >= 0.3 is 0 Å². The lowest BCUT2D eigenvalue weighted by Gasteiger charge is -2.28. The van der Waals surface area contributed by atoms with E-state index in [9.17, 15) is 8.42 Å². The molecule has 0 heterocycles. The zero-order chi connectivity index (χ0) is 11.9. The zero-order valence-electron chi connectivity index (χ0n) is 9.84. The zero-order valence-corrected chi connectivity index (χ0v) is 10.7. The van der Waals surface area contributed by atoms with Gasteiger partial charge in [0.2, 0.25) is 0 Å². The van der Waals surface area contributed by atoms with Crippen LogP contribution in [-0.2, 0) is 10.2 Å². The van der Waals surface area contributed by atoms with E-state index < -0.39 is 15.7 Å². The molecule has 0 saturated carbocycles. The summed E-state index contributed by atoms with van der Waals surface area (Å²) in [5.41, 5.74) is 5.00. The van der Waals surface area contributed by atoms with Gasteiger partial charge in [0.25, 0.3) is 10.2 Å². The molecule has 0 fully saturated rings. The van der Waals surface area contributed by atoms with Crippen molar-refractivity contribution in [3.63, 3.8) is 0 Å². The SMILES string of the molecule is CCCNS(=O)(=O)NC(C)(CC)CCN. The van der Waals surface area contributed by atoms with E-state index in [1.54, 1.807) is 0 Å². The van der Waals surface area contributed by atoms with Crippen LogP contribution < -0.4 is 15.2 Å². The number of rotatable bonds is 8. The summed E-state index contributed by atoms with van der Waals surface area (Å²) in [5, 5.41) is 0. The number of nitrogens with one attached hydrogen (secondary N) is 2. The van der Waals surface area contributed by atoms with Crippen molar-refractivity contribution in [1.82, 2.24) is 9.44 Å². The van der Waals surface area contributed by atoms with Gasteiger partial charge in [0.1, 0.15) is 0 Å². The van der Waals surface area contributed by atoms with Gasteiger partial charge in [0.15, 0.2) is 0 Å². The average molecular weight is 237 g/mol. The van der Waals surface area contributed by atoms with Crippen molar-refractivity contribution in [1.29, 1.82) is 0 Å². The molecule has 0 radical (unpaired) electrons. The summed E-state index contributed by atoms with van der Waals surface area (Å²) < 4.78 is 28.3.